The third-order valence-electron chi connectivity index (χ3n) is 1.39. The standard InChI is InChI=1S/C4H5F7Si/c1-2-12(11,3(5,6)7)4(8,9)10/h2H2,1H3. The molecule has 0 rings (SSSR count). The summed E-state index contributed by atoms with van der Waals surface area (Å²) >= 11 is 0. The van der Waals surface area contributed by atoms with Gasteiger partial charge in [-0.3, -0.25) is 4.11 Å². The van der Waals surface area contributed by atoms with Gasteiger partial charge in [0.15, 0.2) is 0 Å². The van der Waals surface area contributed by atoms with Crippen molar-refractivity contribution in [3.63, 3.8) is 0 Å². The van der Waals surface area contributed by atoms with Crippen LogP contribution < -0.4 is 0 Å². The fraction of sp³-hybridized carbons (Fsp3) is 1.00. The van der Waals surface area contributed by atoms with Crippen LogP contribution in [0.2, 0.25) is 6.04 Å². The van der Waals surface area contributed by atoms with Gasteiger partial charge in [-0.05, 0) is 6.04 Å². The van der Waals surface area contributed by atoms with Gasteiger partial charge in [-0.2, -0.15) is 26.3 Å². The summed E-state index contributed by atoms with van der Waals surface area (Å²) in [7, 11) is -6.63. The first-order valence-electron chi connectivity index (χ1n) is 2.88. The van der Waals surface area contributed by atoms with Crippen molar-refractivity contribution in [3.05, 3.63) is 0 Å². The van der Waals surface area contributed by atoms with Crippen molar-refractivity contribution in [3.8, 4) is 0 Å². The van der Waals surface area contributed by atoms with Crippen molar-refractivity contribution in [2.24, 2.45) is 0 Å². The number of hydrogen-bond donors (Lipinski definition) is 0. The largest absolute Gasteiger partial charge is 0.478 e. The lowest BCUT2D eigenvalue weighted by Gasteiger charge is -2.25. The molecular formula is C4H5F7Si. The van der Waals surface area contributed by atoms with Gasteiger partial charge in [-0.25, -0.2) is 0 Å². The van der Waals surface area contributed by atoms with E-state index >= 15 is 0 Å². The Hall–Kier alpha value is -0.273. The Morgan fingerprint density at radius 2 is 1.17 bits per heavy atom. The lowest BCUT2D eigenvalue weighted by atomic mass is 11.0. The second kappa shape index (κ2) is 2.89. The van der Waals surface area contributed by atoms with Gasteiger partial charge in [-0.15, -0.1) is 0 Å². The molecule has 0 saturated heterocycles. The van der Waals surface area contributed by atoms with Gasteiger partial charge >= 0.3 is 20.0 Å². The fourth-order valence-corrected chi connectivity index (χ4v) is 1.68. The van der Waals surface area contributed by atoms with E-state index in [-0.39, 0.29) is 0 Å². The van der Waals surface area contributed by atoms with E-state index in [4.69, 9.17) is 0 Å². The Labute approximate surface area is 64.5 Å². The van der Waals surface area contributed by atoms with Gasteiger partial charge in [-0.1, -0.05) is 6.92 Å². The summed E-state index contributed by atoms with van der Waals surface area (Å²) in [5.74, 6) is -11.5. The molecule has 0 aromatic heterocycles. The average Bonchev–Trinajstić information content (AvgIpc) is 1.81. The Kier molecular flexibility index (Phi) is 2.83. The summed E-state index contributed by atoms with van der Waals surface area (Å²) in [4.78, 5) is 0. The summed E-state index contributed by atoms with van der Waals surface area (Å²) in [5.41, 5.74) is 0. The first-order chi connectivity index (χ1) is 5.06. The van der Waals surface area contributed by atoms with Crippen LogP contribution in [0.25, 0.3) is 0 Å². The van der Waals surface area contributed by atoms with E-state index in [2.05, 4.69) is 0 Å². The molecule has 0 saturated carbocycles. The second-order valence-corrected chi connectivity index (χ2v) is 5.59. The third-order valence-corrected chi connectivity index (χ3v) is 4.16. The van der Waals surface area contributed by atoms with E-state index in [1.54, 1.807) is 0 Å². The molecule has 0 bridgehead atoms. The topological polar surface area (TPSA) is 0 Å². The smallest absolute Gasteiger partial charge is 0.291 e. The van der Waals surface area contributed by atoms with Crippen LogP contribution in [0.15, 0.2) is 0 Å². The zero-order valence-electron chi connectivity index (χ0n) is 5.85. The molecule has 0 spiro atoms. The van der Waals surface area contributed by atoms with Crippen LogP contribution in [0.1, 0.15) is 6.92 Å². The van der Waals surface area contributed by atoms with E-state index in [1.165, 1.54) is 0 Å². The molecule has 0 heterocycles. The quantitative estimate of drug-likeness (QED) is 0.357. The molecule has 0 N–H and O–H groups in total. The van der Waals surface area contributed by atoms with E-state index in [9.17, 15) is 30.5 Å². The van der Waals surface area contributed by atoms with Crippen LogP contribution in [-0.4, -0.2) is 20.0 Å². The Bertz CT molecular complexity index is 142. The number of hydrogen-bond acceptors (Lipinski definition) is 0. The lowest BCUT2D eigenvalue weighted by Crippen LogP contribution is -2.58. The summed E-state index contributed by atoms with van der Waals surface area (Å²) in [5, 5.41) is 0. The first kappa shape index (κ1) is 11.7. The molecule has 0 fully saturated rings. The highest BCUT2D eigenvalue weighted by Gasteiger charge is 2.75. The Morgan fingerprint density at radius 1 is 0.917 bits per heavy atom. The van der Waals surface area contributed by atoms with Gasteiger partial charge in [0.2, 0.25) is 0 Å². The van der Waals surface area contributed by atoms with Crippen LogP contribution in [0.5, 0.6) is 0 Å². The van der Waals surface area contributed by atoms with Crippen LogP contribution in [0, 0.1) is 0 Å². The molecule has 0 aromatic rings. The van der Waals surface area contributed by atoms with Crippen molar-refractivity contribution >= 4 is 8.41 Å². The number of rotatable bonds is 1. The molecule has 0 aliphatic carbocycles. The van der Waals surface area contributed by atoms with Crippen molar-refractivity contribution in [2.75, 3.05) is 0 Å². The molecule has 74 valence electrons. The maximum atomic E-state index is 12.4. The van der Waals surface area contributed by atoms with Crippen molar-refractivity contribution in [1.82, 2.24) is 0 Å². The summed E-state index contributed by atoms with van der Waals surface area (Å²) in [6.07, 6.45) is 0. The zero-order valence-corrected chi connectivity index (χ0v) is 6.85. The van der Waals surface area contributed by atoms with Gasteiger partial charge < -0.3 is 0 Å². The van der Waals surface area contributed by atoms with E-state index < -0.39 is 26.1 Å². The van der Waals surface area contributed by atoms with Crippen LogP contribution in [0.4, 0.5) is 30.5 Å². The molecular weight excluding hydrogens is 209 g/mol. The summed E-state index contributed by atoms with van der Waals surface area (Å²) in [6, 6.07) is -1.53. The Balaban J connectivity index is 4.95. The zero-order chi connectivity index (χ0) is 10.2. The predicted octanol–water partition coefficient (Wildman–Crippen LogP) is 3.12. The minimum atomic E-state index is -6.63. The van der Waals surface area contributed by atoms with Crippen molar-refractivity contribution in [1.29, 1.82) is 0 Å². The highest BCUT2D eigenvalue weighted by molar-refractivity contribution is 6.76. The van der Waals surface area contributed by atoms with Crippen molar-refractivity contribution in [2.45, 2.75) is 24.6 Å². The normalized spacial score (nSPS) is 15.0. The molecule has 12 heavy (non-hydrogen) atoms. The monoisotopic (exact) mass is 214 g/mol. The SMILES string of the molecule is CC[Si](F)(C(F)(F)F)C(F)(F)F. The minimum Gasteiger partial charge on any atom is -0.291 e. The molecule has 0 aromatic carbocycles. The molecule has 0 amide bonds. The summed E-state index contributed by atoms with van der Waals surface area (Å²) in [6.45, 7) is 0.549. The maximum Gasteiger partial charge on any atom is 0.478 e. The van der Waals surface area contributed by atoms with Crippen LogP contribution in [0.3, 0.4) is 0 Å². The molecule has 0 radical (unpaired) electrons. The first-order valence-corrected chi connectivity index (χ1v) is 4.97. The number of alkyl halides is 6. The van der Waals surface area contributed by atoms with E-state index in [1.807, 2.05) is 0 Å². The highest BCUT2D eigenvalue weighted by Crippen LogP contribution is 2.44. The molecule has 0 atom stereocenters. The molecule has 0 nitrogen and oxygen atoms in total. The molecule has 0 unspecified atom stereocenters. The molecule has 0 aliphatic heterocycles. The fourth-order valence-electron chi connectivity index (χ4n) is 0.562. The van der Waals surface area contributed by atoms with Crippen LogP contribution in [-0.2, 0) is 0 Å². The van der Waals surface area contributed by atoms with Gasteiger partial charge in [0, 0.05) is 0 Å². The van der Waals surface area contributed by atoms with Crippen LogP contribution >= 0.6 is 0 Å². The number of halogens is 7. The maximum absolute atomic E-state index is 12.4. The second-order valence-electron chi connectivity index (χ2n) is 2.15. The Morgan fingerprint density at radius 3 is 1.17 bits per heavy atom. The summed E-state index contributed by atoms with van der Waals surface area (Å²) < 4.78 is 81.8. The van der Waals surface area contributed by atoms with E-state index in [0.29, 0.717) is 6.92 Å². The van der Waals surface area contributed by atoms with Crippen molar-refractivity contribution < 1.29 is 30.5 Å². The predicted molar refractivity (Wildman–Crippen MR) is 29.5 cm³/mol. The van der Waals surface area contributed by atoms with Gasteiger partial charge in [0.05, 0.1) is 0 Å². The third kappa shape index (κ3) is 1.72. The lowest BCUT2D eigenvalue weighted by molar-refractivity contribution is -0.125. The van der Waals surface area contributed by atoms with Gasteiger partial charge in [0.1, 0.15) is 0 Å². The van der Waals surface area contributed by atoms with Gasteiger partial charge in [0.25, 0.3) is 0 Å². The van der Waals surface area contributed by atoms with E-state index in [0.717, 1.165) is 0 Å². The average molecular weight is 214 g/mol. The molecule has 8 heteroatoms. The molecule has 0 aliphatic rings. The minimum absolute atomic E-state index is 0.549. The highest BCUT2D eigenvalue weighted by atomic mass is 28.4.